The second kappa shape index (κ2) is 7.44. The van der Waals surface area contributed by atoms with Crippen LogP contribution in [0.4, 0.5) is 0 Å². The quantitative estimate of drug-likeness (QED) is 0.687. The lowest BCUT2D eigenvalue weighted by atomic mass is 9.56. The van der Waals surface area contributed by atoms with Crippen molar-refractivity contribution < 1.29 is 14.6 Å². The molecule has 2 aliphatic carbocycles. The monoisotopic (exact) mass is 372 g/mol. The fraction of sp³-hybridized carbons (Fsp3) is 0.682. The topological polar surface area (TPSA) is 61.8 Å². The molecule has 1 unspecified atom stereocenters. The molecule has 3 atom stereocenters. The van der Waals surface area contributed by atoms with Gasteiger partial charge in [-0.15, -0.1) is 0 Å². The van der Waals surface area contributed by atoms with Gasteiger partial charge in [0.2, 0.25) is 0 Å². The molecular weight excluding hydrogens is 340 g/mol. The van der Waals surface area contributed by atoms with Crippen molar-refractivity contribution in [2.24, 2.45) is 11.8 Å². The van der Waals surface area contributed by atoms with Crippen LogP contribution in [-0.4, -0.2) is 55.3 Å². The summed E-state index contributed by atoms with van der Waals surface area (Å²) in [7, 11) is 1.73. The molecule has 1 saturated carbocycles. The fourth-order valence-corrected chi connectivity index (χ4v) is 5.51. The summed E-state index contributed by atoms with van der Waals surface area (Å²) in [5.74, 6) is 1.62. The third kappa shape index (κ3) is 3.59. The van der Waals surface area contributed by atoms with Crippen molar-refractivity contribution in [3.63, 3.8) is 0 Å². The van der Waals surface area contributed by atoms with Crippen molar-refractivity contribution in [1.82, 2.24) is 10.2 Å². The highest BCUT2D eigenvalue weighted by Crippen LogP contribution is 2.52. The van der Waals surface area contributed by atoms with E-state index < -0.39 is 5.97 Å². The summed E-state index contributed by atoms with van der Waals surface area (Å²) in [5, 5.41) is 12.1. The van der Waals surface area contributed by atoms with Gasteiger partial charge in [-0.2, -0.15) is 0 Å². The van der Waals surface area contributed by atoms with Crippen LogP contribution in [0.1, 0.15) is 43.7 Å². The Morgan fingerprint density at radius 2 is 2.22 bits per heavy atom. The van der Waals surface area contributed by atoms with E-state index in [4.69, 9.17) is 9.84 Å². The first-order valence-electron chi connectivity index (χ1n) is 10.4. The van der Waals surface area contributed by atoms with Crippen molar-refractivity contribution in [1.29, 1.82) is 0 Å². The molecule has 1 saturated heterocycles. The van der Waals surface area contributed by atoms with Gasteiger partial charge in [0, 0.05) is 18.0 Å². The fourth-order valence-electron chi connectivity index (χ4n) is 5.51. The molecule has 1 aromatic carbocycles. The maximum absolute atomic E-state index is 10.9. The van der Waals surface area contributed by atoms with Crippen molar-refractivity contribution in [2.75, 3.05) is 33.3 Å². The molecule has 0 aromatic heterocycles. The molecule has 1 aliphatic heterocycles. The third-order valence-corrected chi connectivity index (χ3v) is 7.26. The van der Waals surface area contributed by atoms with Gasteiger partial charge in [0.1, 0.15) is 5.75 Å². The lowest BCUT2D eigenvalue weighted by Crippen LogP contribution is -2.59. The number of nitrogens with one attached hydrogen (secondary N) is 1. The van der Waals surface area contributed by atoms with E-state index in [0.717, 1.165) is 44.0 Å². The molecule has 148 valence electrons. The van der Waals surface area contributed by atoms with Crippen LogP contribution in [0.3, 0.4) is 0 Å². The first-order valence-corrected chi connectivity index (χ1v) is 10.4. The maximum atomic E-state index is 10.9. The van der Waals surface area contributed by atoms with Gasteiger partial charge >= 0.3 is 5.97 Å². The number of hydrogen-bond donors (Lipinski definition) is 2. The molecule has 4 rings (SSSR count). The highest BCUT2D eigenvalue weighted by atomic mass is 16.5. The maximum Gasteiger partial charge on any atom is 0.317 e. The molecule has 1 heterocycles. The van der Waals surface area contributed by atoms with E-state index in [2.05, 4.69) is 35.3 Å². The van der Waals surface area contributed by atoms with Gasteiger partial charge in [0.25, 0.3) is 0 Å². The number of fused-ring (bicyclic) bond motifs is 4. The first kappa shape index (κ1) is 18.8. The number of aliphatic carboxylic acids is 1. The Balaban J connectivity index is 1.62. The van der Waals surface area contributed by atoms with E-state index in [0.29, 0.717) is 12.0 Å². The molecule has 27 heavy (non-hydrogen) atoms. The molecule has 0 amide bonds. The normalized spacial score (nSPS) is 30.0. The number of carboxylic acid groups (broad SMARTS) is 1. The van der Waals surface area contributed by atoms with Crippen LogP contribution in [0.15, 0.2) is 18.2 Å². The molecular formula is C22H32N2O3. The van der Waals surface area contributed by atoms with Crippen LogP contribution < -0.4 is 10.1 Å². The predicted octanol–water partition coefficient (Wildman–Crippen LogP) is 2.67. The summed E-state index contributed by atoms with van der Waals surface area (Å²) in [6.45, 7) is 5.60. The number of carboxylic acids is 1. The Kier molecular flexibility index (Phi) is 5.17. The van der Waals surface area contributed by atoms with Crippen molar-refractivity contribution >= 4 is 5.97 Å². The summed E-state index contributed by atoms with van der Waals surface area (Å²) >= 11 is 0. The van der Waals surface area contributed by atoms with Crippen LogP contribution in [-0.2, 0) is 16.6 Å². The van der Waals surface area contributed by atoms with Crippen LogP contribution in [0, 0.1) is 11.8 Å². The van der Waals surface area contributed by atoms with Gasteiger partial charge in [0.15, 0.2) is 0 Å². The number of nitrogens with zero attached hydrogens (tertiary/aromatic N) is 1. The molecule has 5 nitrogen and oxygen atoms in total. The lowest BCUT2D eigenvalue weighted by molar-refractivity contribution is -0.136. The van der Waals surface area contributed by atoms with E-state index in [-0.39, 0.29) is 12.0 Å². The number of likely N-dealkylation sites (tertiary alicyclic amines) is 1. The molecule has 2 N–H and O–H groups in total. The van der Waals surface area contributed by atoms with Gasteiger partial charge in [0.05, 0.1) is 13.7 Å². The Hall–Kier alpha value is -1.59. The van der Waals surface area contributed by atoms with E-state index in [9.17, 15) is 4.79 Å². The predicted molar refractivity (Wildman–Crippen MR) is 105 cm³/mol. The number of benzene rings is 1. The molecule has 3 aliphatic rings. The second-order valence-corrected chi connectivity index (χ2v) is 8.75. The van der Waals surface area contributed by atoms with Gasteiger partial charge in [-0.05, 0) is 80.3 Å². The van der Waals surface area contributed by atoms with E-state index in [1.807, 2.05) is 0 Å². The number of rotatable bonds is 8. The van der Waals surface area contributed by atoms with Crippen LogP contribution in [0.2, 0.25) is 0 Å². The summed E-state index contributed by atoms with van der Waals surface area (Å²) < 4.78 is 5.53. The molecule has 0 spiro atoms. The van der Waals surface area contributed by atoms with Crippen molar-refractivity contribution in [3.05, 3.63) is 29.3 Å². The molecule has 2 bridgehead atoms. The van der Waals surface area contributed by atoms with E-state index >= 15 is 0 Å². The Labute approximate surface area is 162 Å². The van der Waals surface area contributed by atoms with Gasteiger partial charge in [-0.1, -0.05) is 13.0 Å². The second-order valence-electron chi connectivity index (χ2n) is 8.75. The smallest absolute Gasteiger partial charge is 0.317 e. The Morgan fingerprint density at radius 1 is 1.41 bits per heavy atom. The minimum absolute atomic E-state index is 0.0344. The number of hydrogen-bond acceptors (Lipinski definition) is 4. The number of methoxy groups -OCH3 is 1. The average Bonchev–Trinajstić information content (AvgIpc) is 3.46. The minimum Gasteiger partial charge on any atom is -0.497 e. The highest BCUT2D eigenvalue weighted by molar-refractivity contribution is 5.68. The Morgan fingerprint density at radius 3 is 2.93 bits per heavy atom. The molecule has 2 fully saturated rings. The number of ether oxygens (including phenoxy) is 1. The number of carbonyl (C=O) groups is 1. The zero-order valence-electron chi connectivity index (χ0n) is 16.5. The van der Waals surface area contributed by atoms with Gasteiger partial charge in [-0.3, -0.25) is 9.69 Å². The number of piperidine rings is 1. The average molecular weight is 373 g/mol. The van der Waals surface area contributed by atoms with Crippen LogP contribution in [0.25, 0.3) is 0 Å². The summed E-state index contributed by atoms with van der Waals surface area (Å²) in [5.41, 5.74) is 3.00. The standard InChI is InChI=1S/C22H32N2O3/c1-15-20-11-17-5-6-18(27-2)12-19(17)22(15,7-9-23-13-21(25)26)8-10-24(20)14-16-3-4-16/h5-6,12,15-16,20,23H,3-4,7-11,13-14H2,1-2H3,(H,25,26)/t15-,20+,22?/m0/s1. The Bertz CT molecular complexity index is 703. The van der Waals surface area contributed by atoms with Crippen molar-refractivity contribution in [3.8, 4) is 5.75 Å². The zero-order valence-corrected chi connectivity index (χ0v) is 16.5. The minimum atomic E-state index is -0.789. The summed E-state index contributed by atoms with van der Waals surface area (Å²) in [4.78, 5) is 13.6. The molecule has 5 heteroatoms. The van der Waals surface area contributed by atoms with Gasteiger partial charge in [-0.25, -0.2) is 0 Å². The van der Waals surface area contributed by atoms with Crippen LogP contribution >= 0.6 is 0 Å². The van der Waals surface area contributed by atoms with Gasteiger partial charge < -0.3 is 15.2 Å². The third-order valence-electron chi connectivity index (χ3n) is 7.26. The zero-order chi connectivity index (χ0) is 19.0. The highest BCUT2D eigenvalue weighted by Gasteiger charge is 2.51. The largest absolute Gasteiger partial charge is 0.497 e. The van der Waals surface area contributed by atoms with Crippen LogP contribution in [0.5, 0.6) is 5.75 Å². The molecule has 1 aromatic rings. The summed E-state index contributed by atoms with van der Waals surface area (Å²) in [6.07, 6.45) is 6.05. The van der Waals surface area contributed by atoms with Crippen molar-refractivity contribution in [2.45, 2.75) is 50.5 Å². The molecule has 0 radical (unpaired) electrons. The van der Waals surface area contributed by atoms with E-state index in [1.165, 1.54) is 30.5 Å². The first-order chi connectivity index (χ1) is 13.0. The summed E-state index contributed by atoms with van der Waals surface area (Å²) in [6, 6.07) is 7.19. The SMILES string of the molecule is COc1ccc2c(c1)C1(CCNCC(=O)O)CCN(CC3CC3)[C@H](C2)[C@@H]1C. The van der Waals surface area contributed by atoms with E-state index in [1.54, 1.807) is 7.11 Å². The lowest BCUT2D eigenvalue weighted by Gasteiger charge is -2.56.